The third-order valence-electron chi connectivity index (χ3n) is 6.14. The maximum atomic E-state index is 12.5. The summed E-state index contributed by atoms with van der Waals surface area (Å²) in [4.78, 5) is 37.1. The zero-order valence-corrected chi connectivity index (χ0v) is 22.5. The lowest BCUT2D eigenvalue weighted by molar-refractivity contribution is 0.0223. The van der Waals surface area contributed by atoms with Crippen molar-refractivity contribution in [1.29, 1.82) is 0 Å². The normalized spacial score (nSPS) is 13.5. The molecule has 0 aromatic carbocycles. The lowest BCUT2D eigenvalue weighted by Crippen LogP contribution is -2.40. The first-order chi connectivity index (χ1) is 18.1. The maximum absolute atomic E-state index is 12.5. The van der Waals surface area contributed by atoms with Gasteiger partial charge in [-0.15, -0.1) is 0 Å². The molecule has 1 aliphatic heterocycles. The molecule has 4 aromatic heterocycles. The number of imidazole rings is 1. The Morgan fingerprint density at radius 2 is 1.89 bits per heavy atom. The van der Waals surface area contributed by atoms with Crippen LogP contribution in [-0.4, -0.2) is 59.7 Å². The van der Waals surface area contributed by atoms with Crippen molar-refractivity contribution < 1.29 is 14.3 Å². The highest BCUT2D eigenvalue weighted by Gasteiger charge is 2.26. The Kier molecular flexibility index (Phi) is 6.60. The molecule has 38 heavy (non-hydrogen) atoms. The van der Waals surface area contributed by atoms with Gasteiger partial charge in [-0.2, -0.15) is 0 Å². The van der Waals surface area contributed by atoms with Crippen molar-refractivity contribution in [2.24, 2.45) is 0 Å². The summed E-state index contributed by atoms with van der Waals surface area (Å²) in [5.74, 6) is 1.48. The zero-order chi connectivity index (χ0) is 27.0. The molecule has 0 bridgehead atoms. The van der Waals surface area contributed by atoms with E-state index >= 15 is 0 Å². The predicted molar refractivity (Wildman–Crippen MR) is 143 cm³/mol. The van der Waals surface area contributed by atoms with E-state index in [2.05, 4.69) is 43.7 Å². The molecular formula is C27H32N8O3. The van der Waals surface area contributed by atoms with E-state index in [1.807, 2.05) is 39.0 Å². The fourth-order valence-corrected chi connectivity index (χ4v) is 4.33. The van der Waals surface area contributed by atoms with Crippen molar-refractivity contribution in [2.75, 3.05) is 19.0 Å². The molecule has 198 valence electrons. The molecular weight excluding hydrogens is 484 g/mol. The van der Waals surface area contributed by atoms with Crippen molar-refractivity contribution in [3.63, 3.8) is 0 Å². The number of pyridine rings is 2. The molecule has 4 aromatic rings. The number of carbonyl (C=O) groups is 1. The summed E-state index contributed by atoms with van der Waals surface area (Å²) >= 11 is 0. The van der Waals surface area contributed by atoms with Gasteiger partial charge in [0.2, 0.25) is 11.8 Å². The molecule has 0 saturated carbocycles. The lowest BCUT2D eigenvalue weighted by atomic mass is 10.1. The minimum Gasteiger partial charge on any atom is -0.479 e. The second-order valence-electron chi connectivity index (χ2n) is 10.5. The van der Waals surface area contributed by atoms with Crippen LogP contribution >= 0.6 is 0 Å². The quantitative estimate of drug-likeness (QED) is 0.394. The van der Waals surface area contributed by atoms with Crippen LogP contribution in [0.5, 0.6) is 5.88 Å². The summed E-state index contributed by atoms with van der Waals surface area (Å²) in [6, 6.07) is 7.83. The number of nitrogens with one attached hydrogen (secondary N) is 1. The minimum absolute atomic E-state index is 0.230. The summed E-state index contributed by atoms with van der Waals surface area (Å²) in [7, 11) is 1.58. The summed E-state index contributed by atoms with van der Waals surface area (Å²) < 4.78 is 13.1. The second kappa shape index (κ2) is 9.88. The standard InChI is InChI=1S/C27H32N8O3/c1-16(2)35-15-29-23-21(35)13-20(31-24(23)37-6)19-9-11-28-25(32-19)33-22-8-7-17-14-34(12-10-18(17)30-22)26(36)38-27(3,4)5/h7-9,11,13,15-16H,10,12,14H2,1-6H3,(H,28,30,32,33). The van der Waals surface area contributed by atoms with Gasteiger partial charge in [0.15, 0.2) is 5.52 Å². The zero-order valence-electron chi connectivity index (χ0n) is 22.5. The molecule has 0 radical (unpaired) electrons. The summed E-state index contributed by atoms with van der Waals surface area (Å²) in [5, 5.41) is 3.20. The molecule has 5 rings (SSSR count). The molecule has 0 unspecified atom stereocenters. The largest absolute Gasteiger partial charge is 0.479 e. The van der Waals surface area contributed by atoms with Gasteiger partial charge in [0, 0.05) is 30.9 Å². The molecule has 1 N–H and O–H groups in total. The predicted octanol–water partition coefficient (Wildman–Crippen LogP) is 4.91. The van der Waals surface area contributed by atoms with Crippen LogP contribution < -0.4 is 10.1 Å². The molecule has 0 spiro atoms. The van der Waals surface area contributed by atoms with Crippen molar-refractivity contribution in [3.8, 4) is 17.3 Å². The minimum atomic E-state index is -0.528. The molecule has 0 saturated heterocycles. The van der Waals surface area contributed by atoms with E-state index in [-0.39, 0.29) is 12.1 Å². The van der Waals surface area contributed by atoms with Crippen LogP contribution in [0.15, 0.2) is 36.8 Å². The van der Waals surface area contributed by atoms with Gasteiger partial charge in [0.05, 0.1) is 36.9 Å². The summed E-state index contributed by atoms with van der Waals surface area (Å²) in [6.45, 7) is 10.8. The third kappa shape index (κ3) is 5.22. The van der Waals surface area contributed by atoms with Crippen LogP contribution in [0.2, 0.25) is 0 Å². The first-order valence-corrected chi connectivity index (χ1v) is 12.6. The topological polar surface area (TPSA) is 120 Å². The summed E-state index contributed by atoms with van der Waals surface area (Å²) in [5.41, 5.74) is 4.33. The Morgan fingerprint density at radius 1 is 1.08 bits per heavy atom. The molecule has 0 fully saturated rings. The van der Waals surface area contributed by atoms with Crippen LogP contribution in [0.3, 0.4) is 0 Å². The molecule has 0 atom stereocenters. The van der Waals surface area contributed by atoms with Gasteiger partial charge in [-0.3, -0.25) is 0 Å². The average molecular weight is 517 g/mol. The van der Waals surface area contributed by atoms with Gasteiger partial charge in [-0.25, -0.2) is 29.7 Å². The summed E-state index contributed by atoms with van der Waals surface area (Å²) in [6.07, 6.45) is 3.80. The van der Waals surface area contributed by atoms with Gasteiger partial charge in [0.25, 0.3) is 0 Å². The number of amides is 1. The van der Waals surface area contributed by atoms with E-state index in [1.54, 1.807) is 30.6 Å². The molecule has 5 heterocycles. The Labute approximate surface area is 221 Å². The number of nitrogens with zero attached hydrogens (tertiary/aromatic N) is 7. The number of fused-ring (bicyclic) bond motifs is 2. The molecule has 11 heteroatoms. The SMILES string of the molecule is COc1nc(-c2ccnc(Nc3ccc4c(n3)CCN(C(=O)OC(C)(C)C)C4)n2)cc2c1ncn2C(C)C. The number of methoxy groups -OCH3 is 1. The third-order valence-corrected chi connectivity index (χ3v) is 6.14. The fraction of sp³-hybridized carbons (Fsp3) is 0.407. The van der Waals surface area contributed by atoms with E-state index in [4.69, 9.17) is 14.5 Å². The number of hydrogen-bond acceptors (Lipinski definition) is 9. The average Bonchev–Trinajstić information content (AvgIpc) is 3.31. The van der Waals surface area contributed by atoms with Crippen LogP contribution in [-0.2, 0) is 17.7 Å². The van der Waals surface area contributed by atoms with Crippen LogP contribution in [0.1, 0.15) is 51.9 Å². The Hall–Kier alpha value is -4.28. The van der Waals surface area contributed by atoms with E-state index in [0.717, 1.165) is 16.8 Å². The van der Waals surface area contributed by atoms with Crippen molar-refractivity contribution in [3.05, 3.63) is 48.0 Å². The second-order valence-corrected chi connectivity index (χ2v) is 10.5. The number of rotatable bonds is 5. The molecule has 1 amide bonds. The molecule has 1 aliphatic rings. The van der Waals surface area contributed by atoms with Crippen molar-refractivity contribution >= 4 is 28.9 Å². The fourth-order valence-electron chi connectivity index (χ4n) is 4.33. The van der Waals surface area contributed by atoms with Gasteiger partial charge in [-0.05, 0) is 58.4 Å². The number of carbonyl (C=O) groups excluding carboxylic acids is 1. The number of anilines is 2. The monoisotopic (exact) mass is 516 g/mol. The Bertz CT molecular complexity index is 1490. The number of ether oxygens (including phenoxy) is 2. The molecule has 11 nitrogen and oxygen atoms in total. The highest BCUT2D eigenvalue weighted by atomic mass is 16.6. The van der Waals surface area contributed by atoms with E-state index in [0.29, 0.717) is 54.1 Å². The number of hydrogen-bond donors (Lipinski definition) is 1. The van der Waals surface area contributed by atoms with Gasteiger partial charge < -0.3 is 24.3 Å². The van der Waals surface area contributed by atoms with Gasteiger partial charge in [0.1, 0.15) is 11.4 Å². The lowest BCUT2D eigenvalue weighted by Gasteiger charge is -2.30. The Balaban J connectivity index is 1.36. The Morgan fingerprint density at radius 3 is 2.63 bits per heavy atom. The highest BCUT2D eigenvalue weighted by Crippen LogP contribution is 2.30. The van der Waals surface area contributed by atoms with E-state index in [1.165, 1.54) is 0 Å². The first-order valence-electron chi connectivity index (χ1n) is 12.6. The molecule has 0 aliphatic carbocycles. The smallest absolute Gasteiger partial charge is 0.410 e. The van der Waals surface area contributed by atoms with Gasteiger partial charge in [-0.1, -0.05) is 6.07 Å². The maximum Gasteiger partial charge on any atom is 0.410 e. The first kappa shape index (κ1) is 25.4. The highest BCUT2D eigenvalue weighted by molar-refractivity contribution is 5.84. The number of aromatic nitrogens is 6. The van der Waals surface area contributed by atoms with Crippen molar-refractivity contribution in [2.45, 2.75) is 59.2 Å². The van der Waals surface area contributed by atoms with E-state index < -0.39 is 5.60 Å². The van der Waals surface area contributed by atoms with Crippen LogP contribution in [0, 0.1) is 0 Å². The van der Waals surface area contributed by atoms with Gasteiger partial charge >= 0.3 is 6.09 Å². The van der Waals surface area contributed by atoms with Crippen LogP contribution in [0.25, 0.3) is 22.4 Å². The van der Waals surface area contributed by atoms with E-state index in [9.17, 15) is 4.79 Å². The van der Waals surface area contributed by atoms with Crippen molar-refractivity contribution in [1.82, 2.24) is 34.4 Å². The van der Waals surface area contributed by atoms with Crippen LogP contribution in [0.4, 0.5) is 16.6 Å².